The number of hydrogen-bond acceptors (Lipinski definition) is 9. The van der Waals surface area contributed by atoms with Gasteiger partial charge in [-0.05, 0) is 23.2 Å². The summed E-state index contributed by atoms with van der Waals surface area (Å²) < 4.78 is 12.4. The van der Waals surface area contributed by atoms with Crippen LogP contribution in [-0.4, -0.2) is 61.7 Å². The lowest BCUT2D eigenvalue weighted by Gasteiger charge is -2.16. The van der Waals surface area contributed by atoms with Crippen LogP contribution in [0.15, 0.2) is 42.0 Å². The van der Waals surface area contributed by atoms with Gasteiger partial charge in [0.15, 0.2) is 23.2 Å². The Morgan fingerprint density at radius 3 is 2.77 bits per heavy atom. The number of aromatic nitrogens is 4. The Labute approximate surface area is 170 Å². The van der Waals surface area contributed by atoms with Gasteiger partial charge in [-0.2, -0.15) is 0 Å². The lowest BCUT2D eigenvalue weighted by atomic mass is 10.1. The van der Waals surface area contributed by atoms with Gasteiger partial charge in [-0.3, -0.25) is 4.57 Å². The fraction of sp³-hybridized carbons (Fsp3) is 0.389. The number of ether oxygens (including phenoxy) is 2. The third kappa shape index (κ3) is 3.72. The Bertz CT molecular complexity index is 1070. The predicted molar refractivity (Wildman–Crippen MR) is 106 cm³/mol. The number of hydrogen-bond donors (Lipinski definition) is 3. The molecule has 0 radical (unpaired) electrons. The van der Waals surface area contributed by atoms with Crippen LogP contribution in [0, 0.1) is 0 Å². The van der Waals surface area contributed by atoms with Crippen molar-refractivity contribution in [2.75, 3.05) is 19.0 Å². The third-order valence-corrected chi connectivity index (χ3v) is 4.91. The zero-order valence-corrected chi connectivity index (χ0v) is 16.0. The number of methoxy groups -OCH3 is 1. The molecule has 4 atom stereocenters. The molecule has 1 aliphatic heterocycles. The maximum absolute atomic E-state index is 10.4. The van der Waals surface area contributed by atoms with Crippen molar-refractivity contribution < 1.29 is 19.7 Å². The summed E-state index contributed by atoms with van der Waals surface area (Å²) in [6.07, 6.45) is -1.33. The van der Waals surface area contributed by atoms with Gasteiger partial charge in [0.2, 0.25) is 0 Å². The lowest BCUT2D eigenvalue weighted by Crippen LogP contribution is -2.32. The molecule has 3 heterocycles. The number of azide groups is 1. The minimum absolute atomic E-state index is 0.0957. The number of imidazole rings is 1. The highest BCUT2D eigenvalue weighted by molar-refractivity contribution is 5.82. The van der Waals surface area contributed by atoms with Gasteiger partial charge in [-0.15, -0.1) is 0 Å². The monoisotopic (exact) mass is 412 g/mol. The van der Waals surface area contributed by atoms with E-state index in [1.807, 2.05) is 24.3 Å². The van der Waals surface area contributed by atoms with E-state index in [1.165, 1.54) is 17.2 Å². The van der Waals surface area contributed by atoms with E-state index in [2.05, 4.69) is 30.3 Å². The molecule has 156 valence electrons. The summed E-state index contributed by atoms with van der Waals surface area (Å²) in [5.74, 6) is 1.30. The topological polar surface area (TPSA) is 163 Å². The van der Waals surface area contributed by atoms with Crippen molar-refractivity contribution in [1.82, 2.24) is 19.5 Å². The Morgan fingerprint density at radius 2 is 2.03 bits per heavy atom. The van der Waals surface area contributed by atoms with Gasteiger partial charge in [0, 0.05) is 11.5 Å². The van der Waals surface area contributed by atoms with E-state index in [-0.39, 0.29) is 6.54 Å². The summed E-state index contributed by atoms with van der Waals surface area (Å²) >= 11 is 0. The summed E-state index contributed by atoms with van der Waals surface area (Å²) in [4.78, 5) is 15.5. The first-order valence-electron chi connectivity index (χ1n) is 9.19. The second-order valence-corrected chi connectivity index (χ2v) is 6.71. The van der Waals surface area contributed by atoms with Crippen molar-refractivity contribution in [2.45, 2.75) is 31.1 Å². The van der Waals surface area contributed by atoms with Crippen LogP contribution >= 0.6 is 0 Å². The van der Waals surface area contributed by atoms with Crippen LogP contribution in [0.4, 0.5) is 5.82 Å². The summed E-state index contributed by atoms with van der Waals surface area (Å²) in [6.45, 7) is 0.417. The molecule has 4 rings (SSSR count). The number of nitrogens with zero attached hydrogens (tertiary/aromatic N) is 7. The molecule has 3 aromatic rings. The van der Waals surface area contributed by atoms with E-state index < -0.39 is 24.5 Å². The molecule has 1 aromatic carbocycles. The van der Waals surface area contributed by atoms with Crippen molar-refractivity contribution >= 4 is 17.0 Å². The minimum atomic E-state index is -1.23. The average molecular weight is 412 g/mol. The van der Waals surface area contributed by atoms with Crippen molar-refractivity contribution in [3.8, 4) is 5.75 Å². The van der Waals surface area contributed by atoms with Gasteiger partial charge in [-0.1, -0.05) is 17.2 Å². The lowest BCUT2D eigenvalue weighted by molar-refractivity contribution is -0.0321. The number of anilines is 1. The van der Waals surface area contributed by atoms with Crippen LogP contribution < -0.4 is 10.1 Å². The van der Waals surface area contributed by atoms with Crippen molar-refractivity contribution in [1.29, 1.82) is 0 Å². The number of rotatable bonds is 7. The molecule has 2 unspecified atom stereocenters. The van der Waals surface area contributed by atoms with Crippen molar-refractivity contribution in [3.05, 3.63) is 52.9 Å². The van der Waals surface area contributed by atoms with Gasteiger partial charge in [0.25, 0.3) is 0 Å². The summed E-state index contributed by atoms with van der Waals surface area (Å²) in [7, 11) is 1.62. The smallest absolute Gasteiger partial charge is 0.167 e. The number of benzene rings is 1. The number of nitrogens with one attached hydrogen (secondary N) is 1. The normalized spacial score (nSPS) is 23.3. The largest absolute Gasteiger partial charge is 0.497 e. The van der Waals surface area contributed by atoms with E-state index in [0.29, 0.717) is 23.5 Å². The second kappa shape index (κ2) is 8.51. The molecule has 1 aliphatic rings. The first-order chi connectivity index (χ1) is 14.6. The van der Waals surface area contributed by atoms with E-state index in [1.54, 1.807) is 7.11 Å². The Morgan fingerprint density at radius 1 is 1.23 bits per heavy atom. The first kappa shape index (κ1) is 19.9. The molecule has 0 saturated carbocycles. The molecule has 12 nitrogen and oxygen atoms in total. The Balaban J connectivity index is 1.55. The first-order valence-corrected chi connectivity index (χ1v) is 9.19. The molecule has 0 bridgehead atoms. The second-order valence-electron chi connectivity index (χ2n) is 6.71. The van der Waals surface area contributed by atoms with Crippen LogP contribution in [0.1, 0.15) is 11.8 Å². The maximum atomic E-state index is 10.4. The molecule has 0 aliphatic carbocycles. The average Bonchev–Trinajstić information content (AvgIpc) is 3.33. The molecule has 12 heteroatoms. The van der Waals surface area contributed by atoms with Crippen molar-refractivity contribution in [3.63, 3.8) is 0 Å². The zero-order valence-electron chi connectivity index (χ0n) is 16.0. The number of fused-ring (bicyclic) bond motifs is 1. The summed E-state index contributed by atoms with van der Waals surface area (Å²) in [5, 5.41) is 27.2. The van der Waals surface area contributed by atoms with E-state index in [4.69, 9.17) is 15.0 Å². The molecule has 2 aromatic heterocycles. The van der Waals surface area contributed by atoms with Gasteiger partial charge in [0.1, 0.15) is 24.3 Å². The van der Waals surface area contributed by atoms with Gasteiger partial charge >= 0.3 is 0 Å². The van der Waals surface area contributed by atoms with Crippen LogP contribution in [-0.2, 0) is 11.3 Å². The molecular formula is C18H20N8O4. The number of aliphatic hydroxyl groups excluding tert-OH is 2. The summed E-state index contributed by atoms with van der Waals surface area (Å²) in [6, 6.07) is 7.63. The molecule has 3 N–H and O–H groups in total. The standard InChI is InChI=1S/C18H20N8O4/c1-29-11-4-2-10(3-5-11)6-20-16-13-17(22-8-21-16)26(9-23-13)18-15(28)14(27)12(30-18)7-24-25-19/h2-5,8-9,12,14-15,18,27-28H,6-7H2,1H3,(H,20,21,22)/t12-,14?,15?,18-/m1/s1. The molecule has 0 spiro atoms. The minimum Gasteiger partial charge on any atom is -0.497 e. The predicted octanol–water partition coefficient (Wildman–Crippen LogP) is 1.38. The van der Waals surface area contributed by atoms with Gasteiger partial charge in [0.05, 0.1) is 26.1 Å². The van der Waals surface area contributed by atoms with Crippen LogP contribution in [0.2, 0.25) is 0 Å². The van der Waals surface area contributed by atoms with Crippen LogP contribution in [0.25, 0.3) is 21.6 Å². The molecule has 0 amide bonds. The van der Waals surface area contributed by atoms with E-state index >= 15 is 0 Å². The fourth-order valence-electron chi connectivity index (χ4n) is 3.32. The Hall–Kier alpha value is -3.44. The summed E-state index contributed by atoms with van der Waals surface area (Å²) in [5.41, 5.74) is 10.4. The highest BCUT2D eigenvalue weighted by Crippen LogP contribution is 2.32. The molecule has 30 heavy (non-hydrogen) atoms. The Kier molecular flexibility index (Phi) is 5.63. The quantitative estimate of drug-likeness (QED) is 0.297. The number of aliphatic hydroxyl groups is 2. The van der Waals surface area contributed by atoms with Crippen LogP contribution in [0.3, 0.4) is 0 Å². The highest BCUT2D eigenvalue weighted by atomic mass is 16.6. The van der Waals surface area contributed by atoms with Crippen LogP contribution in [0.5, 0.6) is 5.75 Å². The zero-order chi connectivity index (χ0) is 21.1. The fourth-order valence-corrected chi connectivity index (χ4v) is 3.32. The maximum Gasteiger partial charge on any atom is 0.167 e. The third-order valence-electron chi connectivity index (χ3n) is 4.91. The molecule has 1 fully saturated rings. The molecular weight excluding hydrogens is 392 g/mol. The van der Waals surface area contributed by atoms with E-state index in [0.717, 1.165) is 11.3 Å². The SMILES string of the molecule is COc1ccc(CNc2ncnc3c2ncn3[C@@H]2O[C@H](CN=[N+]=[N-])C(O)C2O)cc1. The molecule has 1 saturated heterocycles. The van der Waals surface area contributed by atoms with Crippen molar-refractivity contribution in [2.24, 2.45) is 5.11 Å². The van der Waals surface area contributed by atoms with Gasteiger partial charge < -0.3 is 25.0 Å². The highest BCUT2D eigenvalue weighted by Gasteiger charge is 2.43. The van der Waals surface area contributed by atoms with Gasteiger partial charge in [-0.25, -0.2) is 15.0 Å². The van der Waals surface area contributed by atoms with E-state index in [9.17, 15) is 10.2 Å².